The molecule has 0 aromatic heterocycles. The average molecular weight is 401 g/mol. The van der Waals surface area contributed by atoms with Crippen LogP contribution in [0.25, 0.3) is 0 Å². The lowest BCUT2D eigenvalue weighted by Crippen LogP contribution is -2.30. The molecule has 1 heterocycles. The van der Waals surface area contributed by atoms with E-state index in [9.17, 15) is 14.4 Å². The van der Waals surface area contributed by atoms with E-state index in [4.69, 9.17) is 4.74 Å². The number of ether oxygens (including phenoxy) is 1. The Morgan fingerprint density at radius 1 is 1.21 bits per heavy atom. The van der Waals surface area contributed by atoms with Crippen molar-refractivity contribution in [1.29, 1.82) is 0 Å². The number of rotatable bonds is 5. The van der Waals surface area contributed by atoms with Crippen molar-refractivity contribution in [3.63, 3.8) is 0 Å². The second-order valence-electron chi connectivity index (χ2n) is 7.00. The summed E-state index contributed by atoms with van der Waals surface area (Å²) in [4.78, 5) is 44.6. The summed E-state index contributed by atoms with van der Waals surface area (Å²) in [6, 6.07) is 6.50. The molecule has 3 rings (SSSR count). The van der Waals surface area contributed by atoms with Crippen LogP contribution in [-0.2, 0) is 14.3 Å². The minimum atomic E-state index is -0.400. The molecule has 28 heavy (non-hydrogen) atoms. The molecule has 8 heteroatoms. The average Bonchev–Trinajstić information content (AvgIpc) is 2.66. The van der Waals surface area contributed by atoms with E-state index in [0.717, 1.165) is 43.2 Å². The van der Waals surface area contributed by atoms with Gasteiger partial charge in [-0.05, 0) is 57.4 Å². The third-order valence-corrected chi connectivity index (χ3v) is 5.25. The van der Waals surface area contributed by atoms with E-state index in [1.165, 1.54) is 0 Å². The Labute approximate surface area is 168 Å². The molecule has 0 saturated heterocycles. The quantitative estimate of drug-likeness (QED) is 0.762. The monoisotopic (exact) mass is 401 g/mol. The van der Waals surface area contributed by atoms with Crippen molar-refractivity contribution in [1.82, 2.24) is 0 Å². The summed E-state index contributed by atoms with van der Waals surface area (Å²) in [6.45, 7) is 3.57. The van der Waals surface area contributed by atoms with E-state index in [0.29, 0.717) is 16.4 Å². The normalized spacial score (nSPS) is 18.8. The summed E-state index contributed by atoms with van der Waals surface area (Å²) in [5.74, 6) is -0.832. The number of carbonyl (C=O) groups excluding carboxylic acids is 3. The van der Waals surface area contributed by atoms with Gasteiger partial charge >= 0.3 is 5.97 Å². The second kappa shape index (κ2) is 9.14. The summed E-state index contributed by atoms with van der Waals surface area (Å²) in [5.41, 5.74) is 1.90. The first-order chi connectivity index (χ1) is 13.4. The van der Waals surface area contributed by atoms with Crippen LogP contribution in [0, 0.1) is 5.92 Å². The lowest BCUT2D eigenvalue weighted by Gasteiger charge is -2.24. The Morgan fingerprint density at radius 2 is 1.96 bits per heavy atom. The van der Waals surface area contributed by atoms with Crippen LogP contribution in [0.15, 0.2) is 34.3 Å². The largest absolute Gasteiger partial charge is 0.459 e. The molecule has 1 fully saturated rings. The fourth-order valence-corrected chi connectivity index (χ4v) is 3.75. The minimum absolute atomic E-state index is 0.102. The number of fused-ring (bicyclic) bond motifs is 1. The van der Waals surface area contributed by atoms with Crippen molar-refractivity contribution < 1.29 is 19.1 Å². The standard InChI is InChI=1S/C20H23N3O4S/c1-12(2)27-19(26)13-7-9-14(10-8-13)21-17(24)11-28-20-22-16-6-4-3-5-15(16)18(25)23-20/h7-10,12,15H,3-6,11H2,1-2H3,(H,21,24). The lowest BCUT2D eigenvalue weighted by molar-refractivity contribution is -0.120. The molecule has 1 atom stereocenters. The maximum absolute atomic E-state index is 12.2. The predicted molar refractivity (Wildman–Crippen MR) is 110 cm³/mol. The highest BCUT2D eigenvalue weighted by molar-refractivity contribution is 8.14. The fourth-order valence-electron chi connectivity index (χ4n) is 3.08. The van der Waals surface area contributed by atoms with Gasteiger partial charge in [0.25, 0.3) is 5.91 Å². The zero-order valence-electron chi connectivity index (χ0n) is 15.9. The van der Waals surface area contributed by atoms with Gasteiger partial charge in [-0.25, -0.2) is 9.79 Å². The first-order valence-electron chi connectivity index (χ1n) is 9.36. The van der Waals surface area contributed by atoms with Crippen molar-refractivity contribution in [3.8, 4) is 0 Å². The van der Waals surface area contributed by atoms with Gasteiger partial charge in [-0.1, -0.05) is 18.2 Å². The molecule has 7 nitrogen and oxygen atoms in total. The zero-order chi connectivity index (χ0) is 20.1. The molecule has 2 aliphatic rings. The number of hydrogen-bond acceptors (Lipinski definition) is 6. The van der Waals surface area contributed by atoms with Crippen LogP contribution >= 0.6 is 11.8 Å². The molecule has 148 valence electrons. The Balaban J connectivity index is 1.51. The molecule has 0 radical (unpaired) electrons. The maximum Gasteiger partial charge on any atom is 0.338 e. The highest BCUT2D eigenvalue weighted by Gasteiger charge is 2.30. The van der Waals surface area contributed by atoms with Gasteiger partial charge in [-0.15, -0.1) is 0 Å². The van der Waals surface area contributed by atoms with Crippen molar-refractivity contribution in [3.05, 3.63) is 29.8 Å². The van der Waals surface area contributed by atoms with Gasteiger partial charge in [-0.2, -0.15) is 4.99 Å². The van der Waals surface area contributed by atoms with E-state index in [-0.39, 0.29) is 29.6 Å². The topological polar surface area (TPSA) is 97.2 Å². The number of esters is 1. The third-order valence-electron chi connectivity index (χ3n) is 4.40. The van der Waals surface area contributed by atoms with Crippen LogP contribution in [0.4, 0.5) is 5.69 Å². The number of carbonyl (C=O) groups is 3. The first-order valence-corrected chi connectivity index (χ1v) is 10.3. The summed E-state index contributed by atoms with van der Waals surface area (Å²) in [5, 5.41) is 3.12. The molecule has 1 saturated carbocycles. The lowest BCUT2D eigenvalue weighted by atomic mass is 9.86. The van der Waals surface area contributed by atoms with Gasteiger partial charge in [0, 0.05) is 11.4 Å². The smallest absolute Gasteiger partial charge is 0.338 e. The molecule has 1 aliphatic heterocycles. The number of aliphatic imine (C=N–C) groups is 2. The summed E-state index contributed by atoms with van der Waals surface area (Å²) in [7, 11) is 0. The Bertz CT molecular complexity index is 830. The van der Waals surface area contributed by atoms with Crippen molar-refractivity contribution >= 4 is 46.1 Å². The highest BCUT2D eigenvalue weighted by Crippen LogP contribution is 2.27. The number of nitrogens with zero attached hydrogens (tertiary/aromatic N) is 2. The number of nitrogens with one attached hydrogen (secondary N) is 1. The predicted octanol–water partition coefficient (Wildman–Crippen LogP) is 3.45. The van der Waals surface area contributed by atoms with Gasteiger partial charge in [0.1, 0.15) is 0 Å². The molecule has 1 aromatic rings. The molecule has 2 amide bonds. The zero-order valence-corrected chi connectivity index (χ0v) is 16.8. The third kappa shape index (κ3) is 5.28. The first kappa shape index (κ1) is 20.3. The van der Waals surface area contributed by atoms with Crippen LogP contribution in [0.5, 0.6) is 0 Å². The van der Waals surface area contributed by atoms with E-state index in [1.54, 1.807) is 38.1 Å². The molecule has 1 aromatic carbocycles. The van der Waals surface area contributed by atoms with Gasteiger partial charge in [-0.3, -0.25) is 9.59 Å². The molecule has 1 N–H and O–H groups in total. The number of thioether (sulfide) groups is 1. The maximum atomic E-state index is 12.2. The summed E-state index contributed by atoms with van der Waals surface area (Å²) in [6.07, 6.45) is 3.53. The van der Waals surface area contributed by atoms with Crippen LogP contribution in [0.3, 0.4) is 0 Å². The van der Waals surface area contributed by atoms with Crippen LogP contribution < -0.4 is 5.32 Å². The van der Waals surface area contributed by atoms with Gasteiger partial charge in [0.2, 0.25) is 5.91 Å². The molecule has 0 bridgehead atoms. The van der Waals surface area contributed by atoms with E-state index < -0.39 is 5.97 Å². The number of hydrogen-bond donors (Lipinski definition) is 1. The fraction of sp³-hybridized carbons (Fsp3) is 0.450. The Morgan fingerprint density at radius 3 is 2.68 bits per heavy atom. The number of benzene rings is 1. The molecular formula is C20H23N3O4S. The number of anilines is 1. The van der Waals surface area contributed by atoms with E-state index in [1.807, 2.05) is 0 Å². The van der Waals surface area contributed by atoms with Crippen molar-refractivity contribution in [2.45, 2.75) is 45.6 Å². The van der Waals surface area contributed by atoms with Gasteiger partial charge in [0.15, 0.2) is 5.17 Å². The van der Waals surface area contributed by atoms with Crippen LogP contribution in [0.1, 0.15) is 49.9 Å². The molecule has 1 unspecified atom stereocenters. The second-order valence-corrected chi connectivity index (χ2v) is 7.94. The summed E-state index contributed by atoms with van der Waals surface area (Å²) >= 11 is 1.15. The Kier molecular flexibility index (Phi) is 6.61. The van der Waals surface area contributed by atoms with E-state index in [2.05, 4.69) is 15.3 Å². The van der Waals surface area contributed by atoms with Gasteiger partial charge < -0.3 is 10.1 Å². The van der Waals surface area contributed by atoms with Gasteiger partial charge in [0.05, 0.1) is 23.3 Å². The Hall–Kier alpha value is -2.48. The van der Waals surface area contributed by atoms with Crippen LogP contribution in [0.2, 0.25) is 0 Å². The highest BCUT2D eigenvalue weighted by atomic mass is 32.2. The number of amides is 2. The molecule has 1 aliphatic carbocycles. The van der Waals surface area contributed by atoms with Crippen molar-refractivity contribution in [2.24, 2.45) is 15.9 Å². The summed E-state index contributed by atoms with van der Waals surface area (Å²) < 4.78 is 5.13. The van der Waals surface area contributed by atoms with E-state index >= 15 is 0 Å². The van der Waals surface area contributed by atoms with Crippen molar-refractivity contribution in [2.75, 3.05) is 11.1 Å². The number of amidine groups is 1. The molecular weight excluding hydrogens is 378 g/mol. The SMILES string of the molecule is CC(C)OC(=O)c1ccc(NC(=O)CSC2=NC(=O)C3CCCCC3=N2)cc1. The van der Waals surface area contributed by atoms with Crippen LogP contribution in [-0.4, -0.2) is 40.5 Å². The minimum Gasteiger partial charge on any atom is -0.459 e. The molecule has 0 spiro atoms.